The third kappa shape index (κ3) is 4.17. The number of rotatable bonds is 5. The Hall–Kier alpha value is -3.12. The van der Waals surface area contributed by atoms with Crippen LogP contribution in [0.25, 0.3) is 0 Å². The molecule has 2 aliphatic heterocycles. The van der Waals surface area contributed by atoms with Crippen molar-refractivity contribution in [3.63, 3.8) is 0 Å². The molecule has 0 radical (unpaired) electrons. The number of hydrogen-bond donors (Lipinski definition) is 2. The number of nitrogens with one attached hydrogen (secondary N) is 2. The molecule has 2 amide bonds. The van der Waals surface area contributed by atoms with Crippen molar-refractivity contribution in [3.05, 3.63) is 77.6 Å². The van der Waals surface area contributed by atoms with Crippen LogP contribution in [-0.4, -0.2) is 34.3 Å². The van der Waals surface area contributed by atoms with Crippen LogP contribution in [0.15, 0.2) is 60.9 Å². The van der Waals surface area contributed by atoms with Gasteiger partial charge in [-0.3, -0.25) is 9.59 Å². The van der Waals surface area contributed by atoms with Gasteiger partial charge in [0.05, 0.1) is 6.04 Å². The standard InChI is InChI=1S/C23H26N4O2/c1-3-17-6-10-19(11-7-17)24-22(28)15-26-12-13-27-21(23(26)29)14-20(25-27)18-8-4-16(2)5-9-18/h4-13,20-21,25H,3,14-15H2,1-2H3,(H,24,28). The summed E-state index contributed by atoms with van der Waals surface area (Å²) in [5, 5.41) is 4.72. The molecule has 2 unspecified atom stereocenters. The van der Waals surface area contributed by atoms with Crippen LogP contribution in [0.1, 0.15) is 36.1 Å². The van der Waals surface area contributed by atoms with Gasteiger partial charge in [0.1, 0.15) is 12.6 Å². The van der Waals surface area contributed by atoms with Crippen LogP contribution in [-0.2, 0) is 16.0 Å². The Morgan fingerprint density at radius 1 is 1.10 bits per heavy atom. The fourth-order valence-corrected chi connectivity index (χ4v) is 3.76. The van der Waals surface area contributed by atoms with Gasteiger partial charge in [-0.05, 0) is 43.0 Å². The average Bonchev–Trinajstić information content (AvgIpc) is 3.16. The minimum absolute atomic E-state index is 0.00437. The lowest BCUT2D eigenvalue weighted by atomic mass is 10.00. The summed E-state index contributed by atoms with van der Waals surface area (Å²) in [7, 11) is 0. The highest BCUT2D eigenvalue weighted by molar-refractivity contribution is 5.96. The molecule has 150 valence electrons. The summed E-state index contributed by atoms with van der Waals surface area (Å²) < 4.78 is 0. The maximum atomic E-state index is 12.9. The number of aryl methyl sites for hydroxylation is 2. The second-order valence-corrected chi connectivity index (χ2v) is 7.61. The van der Waals surface area contributed by atoms with Crippen LogP contribution in [0.2, 0.25) is 0 Å². The number of hydrazine groups is 1. The predicted octanol–water partition coefficient (Wildman–Crippen LogP) is 3.13. The molecule has 2 N–H and O–H groups in total. The van der Waals surface area contributed by atoms with Crippen LogP contribution < -0.4 is 10.7 Å². The summed E-state index contributed by atoms with van der Waals surface area (Å²) in [6.07, 6.45) is 5.13. The average molecular weight is 390 g/mol. The van der Waals surface area contributed by atoms with Crippen LogP contribution in [0.5, 0.6) is 0 Å². The number of carbonyl (C=O) groups excluding carboxylic acids is 2. The number of carbonyl (C=O) groups is 2. The largest absolute Gasteiger partial charge is 0.325 e. The predicted molar refractivity (Wildman–Crippen MR) is 113 cm³/mol. The zero-order chi connectivity index (χ0) is 20.4. The number of anilines is 1. The lowest BCUT2D eigenvalue weighted by molar-refractivity contribution is -0.137. The summed E-state index contributed by atoms with van der Waals surface area (Å²) in [5.41, 5.74) is 7.71. The molecule has 2 aromatic carbocycles. The van der Waals surface area contributed by atoms with Crippen molar-refractivity contribution < 1.29 is 9.59 Å². The molecule has 2 heterocycles. The van der Waals surface area contributed by atoms with Crippen LogP contribution >= 0.6 is 0 Å². The molecular formula is C23H26N4O2. The number of fused-ring (bicyclic) bond motifs is 1. The number of amides is 2. The van der Waals surface area contributed by atoms with Crippen molar-refractivity contribution in [2.75, 3.05) is 11.9 Å². The van der Waals surface area contributed by atoms with E-state index in [4.69, 9.17) is 0 Å². The van der Waals surface area contributed by atoms with E-state index in [1.807, 2.05) is 35.5 Å². The first-order valence-corrected chi connectivity index (χ1v) is 10.0. The Bertz CT molecular complexity index is 921. The first-order chi connectivity index (χ1) is 14.0. The zero-order valence-electron chi connectivity index (χ0n) is 16.8. The maximum Gasteiger partial charge on any atom is 0.251 e. The van der Waals surface area contributed by atoms with Gasteiger partial charge in [-0.15, -0.1) is 0 Å². The lowest BCUT2D eigenvalue weighted by Gasteiger charge is -2.31. The Kier molecular flexibility index (Phi) is 5.36. The molecule has 1 fully saturated rings. The number of benzene rings is 2. The van der Waals surface area contributed by atoms with Crippen molar-refractivity contribution in [2.45, 2.75) is 38.8 Å². The highest BCUT2D eigenvalue weighted by Crippen LogP contribution is 2.30. The number of nitrogens with zero attached hydrogens (tertiary/aromatic N) is 2. The summed E-state index contributed by atoms with van der Waals surface area (Å²) in [6.45, 7) is 4.15. The Morgan fingerprint density at radius 3 is 2.52 bits per heavy atom. The van der Waals surface area contributed by atoms with Gasteiger partial charge in [0.25, 0.3) is 5.91 Å². The normalized spacial score (nSPS) is 20.7. The van der Waals surface area contributed by atoms with Gasteiger partial charge in [-0.25, -0.2) is 5.43 Å². The van der Waals surface area contributed by atoms with E-state index in [1.54, 1.807) is 6.20 Å². The summed E-state index contributed by atoms with van der Waals surface area (Å²) in [5.74, 6) is -0.271. The molecule has 2 aromatic rings. The van der Waals surface area contributed by atoms with E-state index in [2.05, 4.69) is 48.9 Å². The monoisotopic (exact) mass is 390 g/mol. The molecule has 2 aliphatic rings. The summed E-state index contributed by atoms with van der Waals surface area (Å²) in [6, 6.07) is 15.9. The molecule has 0 bridgehead atoms. The molecule has 6 heteroatoms. The Balaban J connectivity index is 1.37. The van der Waals surface area contributed by atoms with Crippen LogP contribution in [0, 0.1) is 6.92 Å². The van der Waals surface area contributed by atoms with E-state index in [-0.39, 0.29) is 30.4 Å². The third-order valence-electron chi connectivity index (χ3n) is 5.51. The Labute approximate surface area is 171 Å². The first-order valence-electron chi connectivity index (χ1n) is 10.0. The summed E-state index contributed by atoms with van der Waals surface area (Å²) >= 11 is 0. The zero-order valence-corrected chi connectivity index (χ0v) is 16.8. The minimum Gasteiger partial charge on any atom is -0.325 e. The lowest BCUT2D eigenvalue weighted by Crippen LogP contribution is -2.49. The van der Waals surface area contributed by atoms with Crippen molar-refractivity contribution in [1.29, 1.82) is 0 Å². The van der Waals surface area contributed by atoms with Crippen LogP contribution in [0.3, 0.4) is 0 Å². The highest BCUT2D eigenvalue weighted by atomic mass is 16.2. The second kappa shape index (κ2) is 8.09. The van der Waals surface area contributed by atoms with Gasteiger partial charge in [0, 0.05) is 18.1 Å². The Morgan fingerprint density at radius 2 is 1.83 bits per heavy atom. The van der Waals surface area contributed by atoms with Gasteiger partial charge in [-0.1, -0.05) is 48.9 Å². The van der Waals surface area contributed by atoms with Crippen molar-refractivity contribution in [3.8, 4) is 0 Å². The molecule has 1 saturated heterocycles. The summed E-state index contributed by atoms with van der Waals surface area (Å²) in [4.78, 5) is 26.8. The van der Waals surface area contributed by atoms with E-state index in [9.17, 15) is 9.59 Å². The van der Waals surface area contributed by atoms with E-state index in [1.165, 1.54) is 16.0 Å². The fourth-order valence-electron chi connectivity index (χ4n) is 3.76. The molecular weight excluding hydrogens is 364 g/mol. The number of hydrogen-bond acceptors (Lipinski definition) is 4. The van der Waals surface area contributed by atoms with E-state index in [0.717, 1.165) is 17.7 Å². The molecule has 0 aromatic heterocycles. The second-order valence-electron chi connectivity index (χ2n) is 7.61. The van der Waals surface area contributed by atoms with Gasteiger partial charge in [0.2, 0.25) is 5.91 Å². The molecule has 0 saturated carbocycles. The molecule has 0 spiro atoms. The SMILES string of the molecule is CCc1ccc(NC(=O)CN2C=CN3NC(c4ccc(C)cc4)CC3C2=O)cc1. The van der Waals surface area contributed by atoms with E-state index in [0.29, 0.717) is 6.42 Å². The van der Waals surface area contributed by atoms with E-state index >= 15 is 0 Å². The van der Waals surface area contributed by atoms with Gasteiger partial charge in [0.15, 0.2) is 0 Å². The molecule has 6 nitrogen and oxygen atoms in total. The fraction of sp³-hybridized carbons (Fsp3) is 0.304. The van der Waals surface area contributed by atoms with Crippen LogP contribution in [0.4, 0.5) is 5.69 Å². The van der Waals surface area contributed by atoms with Crippen molar-refractivity contribution in [2.24, 2.45) is 0 Å². The molecule has 29 heavy (non-hydrogen) atoms. The first kappa shape index (κ1) is 19.2. The van der Waals surface area contributed by atoms with Gasteiger partial charge in [-0.2, -0.15) is 0 Å². The third-order valence-corrected chi connectivity index (χ3v) is 5.51. The smallest absolute Gasteiger partial charge is 0.251 e. The topological polar surface area (TPSA) is 64.7 Å². The molecule has 4 rings (SSSR count). The van der Waals surface area contributed by atoms with Crippen molar-refractivity contribution >= 4 is 17.5 Å². The quantitative estimate of drug-likeness (QED) is 0.823. The minimum atomic E-state index is -0.303. The van der Waals surface area contributed by atoms with E-state index < -0.39 is 0 Å². The van der Waals surface area contributed by atoms with Crippen molar-refractivity contribution in [1.82, 2.24) is 15.3 Å². The highest BCUT2D eigenvalue weighted by Gasteiger charge is 2.40. The maximum absolute atomic E-state index is 12.9. The van der Waals surface area contributed by atoms with Gasteiger partial charge < -0.3 is 15.2 Å². The van der Waals surface area contributed by atoms with Gasteiger partial charge >= 0.3 is 0 Å². The molecule has 2 atom stereocenters. The molecule has 0 aliphatic carbocycles.